The first-order valence-electron chi connectivity index (χ1n) is 8.10. The van der Waals surface area contributed by atoms with Crippen LogP contribution in [-0.2, 0) is 4.79 Å². The molecule has 0 bridgehead atoms. The Morgan fingerprint density at radius 2 is 2.00 bits per heavy atom. The van der Waals surface area contributed by atoms with Gasteiger partial charge in [-0.05, 0) is 36.2 Å². The van der Waals surface area contributed by atoms with Gasteiger partial charge in [0.2, 0.25) is 0 Å². The average Bonchev–Trinajstić information content (AvgIpc) is 2.58. The van der Waals surface area contributed by atoms with Gasteiger partial charge in [0, 0.05) is 22.5 Å². The first kappa shape index (κ1) is 19.5. The first-order chi connectivity index (χ1) is 12.0. The second-order valence-corrected chi connectivity index (χ2v) is 6.52. The Morgan fingerprint density at radius 1 is 1.24 bits per heavy atom. The zero-order valence-corrected chi connectivity index (χ0v) is 15.4. The average molecular weight is 384 g/mol. The fourth-order valence-corrected chi connectivity index (χ4v) is 3.10. The molecule has 0 heterocycles. The number of nitrogens with one attached hydrogen (secondary N) is 1. The lowest BCUT2D eigenvalue weighted by Crippen LogP contribution is -2.32. The molecule has 2 aromatic rings. The van der Waals surface area contributed by atoms with E-state index in [2.05, 4.69) is 12.2 Å². The van der Waals surface area contributed by atoms with Crippen molar-refractivity contribution in [2.24, 2.45) is 0 Å². The molecule has 6 heteroatoms. The standard InChI is InChI=1S/C19H20Cl2FNO2/c1-2-5-13(15-9-8-14(20)10-16(15)21)11-23-19(24)12-25-18-7-4-3-6-17(18)22/h3-4,6-10,13H,2,5,11-12H2,1H3,(H,23,24). The van der Waals surface area contributed by atoms with Crippen molar-refractivity contribution in [3.05, 3.63) is 63.9 Å². The van der Waals surface area contributed by atoms with Crippen LogP contribution in [0.1, 0.15) is 31.2 Å². The van der Waals surface area contributed by atoms with Gasteiger partial charge in [-0.3, -0.25) is 4.79 Å². The Kier molecular flexibility index (Phi) is 7.53. The molecule has 0 fully saturated rings. The number of hydrogen-bond acceptors (Lipinski definition) is 2. The van der Waals surface area contributed by atoms with Crippen molar-refractivity contribution in [2.75, 3.05) is 13.2 Å². The molecule has 1 unspecified atom stereocenters. The van der Waals surface area contributed by atoms with Gasteiger partial charge in [0.15, 0.2) is 18.2 Å². The monoisotopic (exact) mass is 383 g/mol. The molecule has 134 valence electrons. The minimum atomic E-state index is -0.493. The van der Waals surface area contributed by atoms with Crippen molar-refractivity contribution in [1.29, 1.82) is 0 Å². The Morgan fingerprint density at radius 3 is 2.68 bits per heavy atom. The topological polar surface area (TPSA) is 38.3 Å². The highest BCUT2D eigenvalue weighted by molar-refractivity contribution is 6.35. The largest absolute Gasteiger partial charge is 0.481 e. The smallest absolute Gasteiger partial charge is 0.257 e. The van der Waals surface area contributed by atoms with Gasteiger partial charge in [-0.15, -0.1) is 0 Å². The van der Waals surface area contributed by atoms with Crippen molar-refractivity contribution in [3.63, 3.8) is 0 Å². The number of ether oxygens (including phenoxy) is 1. The highest BCUT2D eigenvalue weighted by Crippen LogP contribution is 2.30. The third kappa shape index (κ3) is 5.91. The van der Waals surface area contributed by atoms with E-state index in [4.69, 9.17) is 27.9 Å². The van der Waals surface area contributed by atoms with Crippen LogP contribution in [0.4, 0.5) is 4.39 Å². The van der Waals surface area contributed by atoms with Gasteiger partial charge in [-0.25, -0.2) is 4.39 Å². The summed E-state index contributed by atoms with van der Waals surface area (Å²) in [5, 5.41) is 3.98. The Balaban J connectivity index is 1.92. The van der Waals surface area contributed by atoms with Crippen LogP contribution >= 0.6 is 23.2 Å². The summed E-state index contributed by atoms with van der Waals surface area (Å²) >= 11 is 12.2. The number of carbonyl (C=O) groups is 1. The number of rotatable bonds is 8. The molecule has 1 N–H and O–H groups in total. The second kappa shape index (κ2) is 9.64. The lowest BCUT2D eigenvalue weighted by atomic mass is 9.94. The zero-order chi connectivity index (χ0) is 18.2. The maximum atomic E-state index is 13.5. The van der Waals surface area contributed by atoms with Crippen molar-refractivity contribution in [2.45, 2.75) is 25.7 Å². The van der Waals surface area contributed by atoms with Crippen LogP contribution in [0.3, 0.4) is 0 Å². The van der Waals surface area contributed by atoms with E-state index in [9.17, 15) is 9.18 Å². The molecule has 2 aromatic carbocycles. The lowest BCUT2D eigenvalue weighted by Gasteiger charge is -2.19. The van der Waals surface area contributed by atoms with E-state index >= 15 is 0 Å². The Bertz CT molecular complexity index is 724. The van der Waals surface area contributed by atoms with E-state index in [0.29, 0.717) is 16.6 Å². The maximum absolute atomic E-state index is 13.5. The van der Waals surface area contributed by atoms with Crippen molar-refractivity contribution in [3.8, 4) is 5.75 Å². The second-order valence-electron chi connectivity index (χ2n) is 5.67. The summed E-state index contributed by atoms with van der Waals surface area (Å²) in [6.07, 6.45) is 1.82. The summed E-state index contributed by atoms with van der Waals surface area (Å²) < 4.78 is 18.7. The van der Waals surface area contributed by atoms with Crippen LogP contribution in [-0.4, -0.2) is 19.1 Å². The Labute approximate surface area is 157 Å². The maximum Gasteiger partial charge on any atom is 0.257 e. The molecule has 0 radical (unpaired) electrons. The number of hydrogen-bond donors (Lipinski definition) is 1. The van der Waals surface area contributed by atoms with Crippen molar-refractivity contribution >= 4 is 29.1 Å². The van der Waals surface area contributed by atoms with Crippen LogP contribution in [0.15, 0.2) is 42.5 Å². The highest BCUT2D eigenvalue weighted by Gasteiger charge is 2.16. The van der Waals surface area contributed by atoms with Gasteiger partial charge in [-0.2, -0.15) is 0 Å². The van der Waals surface area contributed by atoms with Crippen LogP contribution in [0.2, 0.25) is 10.0 Å². The quantitative estimate of drug-likeness (QED) is 0.679. The summed E-state index contributed by atoms with van der Waals surface area (Å²) in [6, 6.07) is 11.3. The van der Waals surface area contributed by atoms with Gasteiger partial charge in [-0.1, -0.05) is 54.7 Å². The normalized spacial score (nSPS) is 11.8. The van der Waals surface area contributed by atoms with E-state index in [1.807, 2.05) is 6.07 Å². The van der Waals surface area contributed by atoms with Gasteiger partial charge in [0.25, 0.3) is 5.91 Å². The number of para-hydroxylation sites is 1. The van der Waals surface area contributed by atoms with E-state index in [1.165, 1.54) is 12.1 Å². The number of benzene rings is 2. The van der Waals surface area contributed by atoms with E-state index in [0.717, 1.165) is 18.4 Å². The van der Waals surface area contributed by atoms with Gasteiger partial charge in [0.05, 0.1) is 0 Å². The minimum Gasteiger partial charge on any atom is -0.481 e. The molecule has 0 aliphatic rings. The molecular formula is C19H20Cl2FNO2. The third-order valence-electron chi connectivity index (χ3n) is 3.78. The van der Waals surface area contributed by atoms with Gasteiger partial charge < -0.3 is 10.1 Å². The lowest BCUT2D eigenvalue weighted by molar-refractivity contribution is -0.123. The summed E-state index contributed by atoms with van der Waals surface area (Å²) in [5.74, 6) is -0.669. The summed E-state index contributed by atoms with van der Waals surface area (Å²) in [4.78, 5) is 12.0. The molecule has 25 heavy (non-hydrogen) atoms. The molecule has 1 atom stereocenters. The molecular weight excluding hydrogens is 364 g/mol. The summed E-state index contributed by atoms with van der Waals surface area (Å²) in [5.41, 5.74) is 0.947. The van der Waals surface area contributed by atoms with Crippen molar-refractivity contribution < 1.29 is 13.9 Å². The third-order valence-corrected chi connectivity index (χ3v) is 4.34. The predicted octanol–water partition coefficient (Wildman–Crippen LogP) is 5.21. The fraction of sp³-hybridized carbons (Fsp3) is 0.316. The molecule has 3 nitrogen and oxygen atoms in total. The van der Waals surface area contributed by atoms with Crippen LogP contribution in [0, 0.1) is 5.82 Å². The number of halogens is 3. The highest BCUT2D eigenvalue weighted by atomic mass is 35.5. The van der Waals surface area contributed by atoms with Gasteiger partial charge in [0.1, 0.15) is 0 Å². The van der Waals surface area contributed by atoms with Crippen LogP contribution in [0.25, 0.3) is 0 Å². The summed E-state index contributed by atoms with van der Waals surface area (Å²) in [7, 11) is 0. The van der Waals surface area contributed by atoms with E-state index in [1.54, 1.807) is 24.3 Å². The zero-order valence-electron chi connectivity index (χ0n) is 13.9. The molecule has 0 aliphatic carbocycles. The molecule has 1 amide bonds. The number of carbonyl (C=O) groups excluding carboxylic acids is 1. The van der Waals surface area contributed by atoms with E-state index in [-0.39, 0.29) is 24.2 Å². The molecule has 2 rings (SSSR count). The predicted molar refractivity (Wildman–Crippen MR) is 99.0 cm³/mol. The summed E-state index contributed by atoms with van der Waals surface area (Å²) in [6.45, 7) is 2.25. The first-order valence-corrected chi connectivity index (χ1v) is 8.85. The van der Waals surface area contributed by atoms with Crippen molar-refractivity contribution in [1.82, 2.24) is 5.32 Å². The molecule has 0 aromatic heterocycles. The SMILES string of the molecule is CCCC(CNC(=O)COc1ccccc1F)c1ccc(Cl)cc1Cl. The number of amides is 1. The molecule has 0 spiro atoms. The molecule has 0 aliphatic heterocycles. The van der Waals surface area contributed by atoms with Crippen LogP contribution < -0.4 is 10.1 Å². The fourth-order valence-electron chi connectivity index (χ4n) is 2.54. The van der Waals surface area contributed by atoms with Crippen LogP contribution in [0.5, 0.6) is 5.75 Å². The molecule has 0 saturated carbocycles. The molecule has 0 saturated heterocycles. The minimum absolute atomic E-state index is 0.0588. The van der Waals surface area contributed by atoms with E-state index < -0.39 is 5.82 Å². The Hall–Kier alpha value is -1.78. The van der Waals surface area contributed by atoms with Gasteiger partial charge >= 0.3 is 0 Å².